The molecule has 1 aromatic heterocycles. The molecule has 0 bridgehead atoms. The molecule has 0 aliphatic rings. The molecule has 0 saturated carbocycles. The Labute approximate surface area is 173 Å². The van der Waals surface area contributed by atoms with E-state index in [9.17, 15) is 13.2 Å². The van der Waals surface area contributed by atoms with Crippen LogP contribution >= 0.6 is 11.3 Å². The van der Waals surface area contributed by atoms with Gasteiger partial charge < -0.3 is 4.74 Å². The zero-order chi connectivity index (χ0) is 21.0. The zero-order valence-electron chi connectivity index (χ0n) is 16.1. The second-order valence-corrected chi connectivity index (χ2v) is 9.24. The first kappa shape index (κ1) is 20.9. The number of hydrogen-bond acceptors (Lipinski definition) is 7. The molecule has 0 saturated heterocycles. The Kier molecular flexibility index (Phi) is 6.26. The Bertz CT molecular complexity index is 1080. The highest BCUT2D eigenvalue weighted by molar-refractivity contribution is 7.88. The zero-order valence-corrected chi connectivity index (χ0v) is 17.7. The normalized spacial score (nSPS) is 12.6. The Morgan fingerprint density at radius 1 is 1.10 bits per heavy atom. The lowest BCUT2D eigenvalue weighted by molar-refractivity contribution is -0.119. The van der Waals surface area contributed by atoms with Crippen molar-refractivity contribution < 1.29 is 17.9 Å². The summed E-state index contributed by atoms with van der Waals surface area (Å²) in [5, 5.41) is 11.7. The van der Waals surface area contributed by atoms with Crippen LogP contribution in [0.15, 0.2) is 54.6 Å². The van der Waals surface area contributed by atoms with Gasteiger partial charge in [-0.25, -0.2) is 8.42 Å². The van der Waals surface area contributed by atoms with Gasteiger partial charge in [-0.3, -0.25) is 10.1 Å². The van der Waals surface area contributed by atoms with Crippen molar-refractivity contribution in [2.75, 3.05) is 25.7 Å². The lowest BCUT2D eigenvalue weighted by Crippen LogP contribution is -2.38. The molecule has 3 rings (SSSR count). The largest absolute Gasteiger partial charge is 0.497 e. The van der Waals surface area contributed by atoms with Crippen LogP contribution in [0.2, 0.25) is 0 Å². The van der Waals surface area contributed by atoms with Crippen molar-refractivity contribution in [3.63, 3.8) is 0 Å². The SMILES string of the molecule is COc1ccc(-c2nnc(NC(=O)[C@@H](c3ccccc3)N(C)S(C)(=O)=O)s2)cc1. The molecular formula is C19H20N4O4S2. The summed E-state index contributed by atoms with van der Waals surface area (Å²) in [6.07, 6.45) is 1.06. The van der Waals surface area contributed by atoms with Crippen LogP contribution in [0.4, 0.5) is 5.13 Å². The van der Waals surface area contributed by atoms with Crippen LogP contribution in [-0.4, -0.2) is 49.2 Å². The van der Waals surface area contributed by atoms with Crippen molar-refractivity contribution in [2.45, 2.75) is 6.04 Å². The van der Waals surface area contributed by atoms with E-state index in [2.05, 4.69) is 15.5 Å². The number of carbonyl (C=O) groups excluding carboxylic acids is 1. The van der Waals surface area contributed by atoms with Gasteiger partial charge in [-0.15, -0.1) is 10.2 Å². The van der Waals surface area contributed by atoms with Gasteiger partial charge in [0.2, 0.25) is 21.1 Å². The highest BCUT2D eigenvalue weighted by Crippen LogP contribution is 2.29. The fraction of sp³-hybridized carbons (Fsp3) is 0.211. The van der Waals surface area contributed by atoms with Gasteiger partial charge >= 0.3 is 0 Å². The third kappa shape index (κ3) is 4.97. The number of rotatable bonds is 7. The van der Waals surface area contributed by atoms with E-state index in [-0.39, 0.29) is 5.13 Å². The molecule has 0 aliphatic heterocycles. The maximum absolute atomic E-state index is 12.9. The first-order valence-corrected chi connectivity index (χ1v) is 11.2. The number of amides is 1. The van der Waals surface area contributed by atoms with E-state index in [1.54, 1.807) is 37.4 Å². The standard InChI is InChI=1S/C19H20N4O4S2/c1-23(29(3,25)26)16(13-7-5-4-6-8-13)17(24)20-19-22-21-18(28-19)14-9-11-15(27-2)12-10-14/h4-12,16H,1-3H3,(H,20,22,24)/t16-/m1/s1. The number of sulfonamides is 1. The number of carbonyl (C=O) groups is 1. The molecule has 1 heterocycles. The number of likely N-dealkylation sites (N-methyl/N-ethyl adjacent to an activating group) is 1. The fourth-order valence-corrected chi connectivity index (χ4v) is 4.00. The summed E-state index contributed by atoms with van der Waals surface area (Å²) in [6.45, 7) is 0. The summed E-state index contributed by atoms with van der Waals surface area (Å²) in [5.41, 5.74) is 1.38. The van der Waals surface area contributed by atoms with E-state index in [0.717, 1.165) is 21.9 Å². The molecule has 10 heteroatoms. The minimum atomic E-state index is -3.60. The molecule has 0 aliphatic carbocycles. The molecule has 0 spiro atoms. The molecule has 0 fully saturated rings. The second-order valence-electron chi connectivity index (χ2n) is 6.22. The van der Waals surface area contributed by atoms with Gasteiger partial charge in [-0.2, -0.15) is 4.31 Å². The molecular weight excluding hydrogens is 412 g/mol. The minimum absolute atomic E-state index is 0.281. The number of hydrogen-bond donors (Lipinski definition) is 1. The first-order chi connectivity index (χ1) is 13.8. The maximum Gasteiger partial charge on any atom is 0.249 e. The smallest absolute Gasteiger partial charge is 0.249 e. The van der Waals surface area contributed by atoms with Crippen molar-refractivity contribution in [1.29, 1.82) is 0 Å². The molecule has 1 N–H and O–H groups in total. The lowest BCUT2D eigenvalue weighted by atomic mass is 10.1. The van der Waals surface area contributed by atoms with Crippen molar-refractivity contribution in [3.05, 3.63) is 60.2 Å². The third-order valence-corrected chi connectivity index (χ3v) is 6.39. The number of nitrogens with one attached hydrogen (secondary N) is 1. The van der Waals surface area contributed by atoms with Crippen LogP contribution in [0.1, 0.15) is 11.6 Å². The molecule has 1 atom stereocenters. The van der Waals surface area contributed by atoms with Gasteiger partial charge in [-0.05, 0) is 29.8 Å². The third-order valence-electron chi connectivity index (χ3n) is 4.24. The number of nitrogens with zero attached hydrogens (tertiary/aromatic N) is 3. The van der Waals surface area contributed by atoms with Gasteiger partial charge in [0.1, 0.15) is 16.8 Å². The first-order valence-electron chi connectivity index (χ1n) is 8.56. The van der Waals surface area contributed by atoms with Crippen LogP contribution in [-0.2, 0) is 14.8 Å². The highest BCUT2D eigenvalue weighted by Gasteiger charge is 2.31. The van der Waals surface area contributed by atoms with E-state index in [1.165, 1.54) is 18.4 Å². The molecule has 8 nitrogen and oxygen atoms in total. The average Bonchev–Trinajstić information content (AvgIpc) is 3.16. The Morgan fingerprint density at radius 2 is 1.76 bits per heavy atom. The van der Waals surface area contributed by atoms with Crippen molar-refractivity contribution >= 4 is 32.4 Å². The minimum Gasteiger partial charge on any atom is -0.497 e. The predicted octanol–water partition coefficient (Wildman–Crippen LogP) is 2.78. The Balaban J connectivity index is 1.84. The number of aromatic nitrogens is 2. The lowest BCUT2D eigenvalue weighted by Gasteiger charge is -2.25. The van der Waals surface area contributed by atoms with Crippen LogP contribution in [0.5, 0.6) is 5.75 Å². The maximum atomic E-state index is 12.9. The molecule has 1 amide bonds. The summed E-state index contributed by atoms with van der Waals surface area (Å²) in [5.74, 6) is 0.211. The van der Waals surface area contributed by atoms with E-state index >= 15 is 0 Å². The van der Waals surface area contributed by atoms with Crippen LogP contribution in [0.3, 0.4) is 0 Å². The molecule has 0 radical (unpaired) electrons. The number of anilines is 1. The summed E-state index contributed by atoms with van der Waals surface area (Å²) in [4.78, 5) is 12.9. The van der Waals surface area contributed by atoms with Crippen LogP contribution in [0, 0.1) is 0 Å². The fourth-order valence-electron chi connectivity index (χ4n) is 2.65. The number of ether oxygens (including phenoxy) is 1. The van der Waals surface area contributed by atoms with Gasteiger partial charge in [0.25, 0.3) is 0 Å². The molecule has 152 valence electrons. The summed E-state index contributed by atoms with van der Waals surface area (Å²) >= 11 is 1.20. The molecule has 3 aromatic rings. The Hall–Kier alpha value is -2.82. The molecule has 2 aromatic carbocycles. The van der Waals surface area contributed by atoms with E-state index in [4.69, 9.17) is 4.74 Å². The average molecular weight is 433 g/mol. The number of benzene rings is 2. The van der Waals surface area contributed by atoms with Crippen molar-refractivity contribution in [1.82, 2.24) is 14.5 Å². The van der Waals surface area contributed by atoms with Gasteiger partial charge in [0, 0.05) is 12.6 Å². The highest BCUT2D eigenvalue weighted by atomic mass is 32.2. The second kappa shape index (κ2) is 8.68. The van der Waals surface area contributed by atoms with Gasteiger partial charge in [0.05, 0.1) is 13.4 Å². The number of methoxy groups -OCH3 is 1. The van der Waals surface area contributed by atoms with E-state index < -0.39 is 22.0 Å². The predicted molar refractivity (Wildman–Crippen MR) is 112 cm³/mol. The Morgan fingerprint density at radius 3 is 2.34 bits per heavy atom. The van der Waals surface area contributed by atoms with Crippen molar-refractivity contribution in [3.8, 4) is 16.3 Å². The summed E-state index contributed by atoms with van der Waals surface area (Å²) in [7, 11) is -0.646. The molecule has 29 heavy (non-hydrogen) atoms. The summed E-state index contributed by atoms with van der Waals surface area (Å²) < 4.78 is 30.3. The van der Waals surface area contributed by atoms with E-state index in [1.807, 2.05) is 24.3 Å². The van der Waals surface area contributed by atoms with Gasteiger partial charge in [-0.1, -0.05) is 41.7 Å². The quantitative estimate of drug-likeness (QED) is 0.616. The molecule has 0 unspecified atom stereocenters. The summed E-state index contributed by atoms with van der Waals surface area (Å²) in [6, 6.07) is 15.0. The van der Waals surface area contributed by atoms with Crippen LogP contribution < -0.4 is 10.1 Å². The topological polar surface area (TPSA) is 101 Å². The van der Waals surface area contributed by atoms with Crippen molar-refractivity contribution in [2.24, 2.45) is 0 Å². The van der Waals surface area contributed by atoms with Crippen LogP contribution in [0.25, 0.3) is 10.6 Å². The van der Waals surface area contributed by atoms with Gasteiger partial charge in [0.15, 0.2) is 0 Å². The monoisotopic (exact) mass is 432 g/mol. The van der Waals surface area contributed by atoms with E-state index in [0.29, 0.717) is 10.6 Å².